The number of nitrogens with one attached hydrogen (secondary N) is 1. The van der Waals surface area contributed by atoms with Crippen LogP contribution >= 0.6 is 15.9 Å². The summed E-state index contributed by atoms with van der Waals surface area (Å²) in [5.41, 5.74) is 0.277. The second-order valence-electron chi connectivity index (χ2n) is 6.23. The predicted molar refractivity (Wildman–Crippen MR) is 97.6 cm³/mol. The number of amides is 1. The first-order valence-electron chi connectivity index (χ1n) is 8.30. The van der Waals surface area contributed by atoms with E-state index in [4.69, 9.17) is 4.74 Å². The number of hydrogen-bond acceptors (Lipinski definition) is 3. The van der Waals surface area contributed by atoms with E-state index in [0.717, 1.165) is 16.1 Å². The van der Waals surface area contributed by atoms with Gasteiger partial charge in [0.15, 0.2) is 0 Å². The number of carbonyl (C=O) groups excluding carboxylic acids is 1. The smallest absolute Gasteiger partial charge is 0.406 e. The van der Waals surface area contributed by atoms with Crippen LogP contribution in [0.25, 0.3) is 0 Å². The highest BCUT2D eigenvalue weighted by Gasteiger charge is 2.41. The van der Waals surface area contributed by atoms with Crippen molar-refractivity contribution in [3.05, 3.63) is 58.6 Å². The van der Waals surface area contributed by atoms with Gasteiger partial charge in [0.05, 0.1) is 5.41 Å². The largest absolute Gasteiger partial charge is 0.573 e. The summed E-state index contributed by atoms with van der Waals surface area (Å²) < 4.78 is 47.5. The molecule has 8 heteroatoms. The second-order valence-corrected chi connectivity index (χ2v) is 7.15. The molecule has 0 unspecified atom stereocenters. The summed E-state index contributed by atoms with van der Waals surface area (Å²) in [7, 11) is 0. The minimum Gasteiger partial charge on any atom is -0.406 e. The van der Waals surface area contributed by atoms with Gasteiger partial charge in [0.2, 0.25) is 5.91 Å². The van der Waals surface area contributed by atoms with Crippen molar-refractivity contribution < 1.29 is 27.4 Å². The maximum atomic E-state index is 13.1. The highest BCUT2D eigenvalue weighted by atomic mass is 79.9. The number of carbonyl (C=O) groups is 1. The van der Waals surface area contributed by atoms with Gasteiger partial charge in [-0.25, -0.2) is 0 Å². The molecule has 1 aliphatic heterocycles. The Balaban J connectivity index is 1.85. The van der Waals surface area contributed by atoms with Crippen LogP contribution < -0.4 is 10.1 Å². The van der Waals surface area contributed by atoms with Crippen molar-refractivity contribution in [3.63, 3.8) is 0 Å². The van der Waals surface area contributed by atoms with Crippen molar-refractivity contribution in [3.8, 4) is 5.75 Å². The highest BCUT2D eigenvalue weighted by Crippen LogP contribution is 2.37. The average Bonchev–Trinajstić information content (AvgIpc) is 2.61. The monoisotopic (exact) mass is 443 g/mol. The molecule has 1 N–H and O–H groups in total. The molecule has 2 aromatic rings. The SMILES string of the molecule is O=C(Nc1cccc(OC(F)(F)F)c1)C1(c2ccc(Br)cc2)CCOCC1. The van der Waals surface area contributed by atoms with E-state index in [-0.39, 0.29) is 17.3 Å². The molecule has 0 aromatic heterocycles. The van der Waals surface area contributed by atoms with Gasteiger partial charge in [-0.05, 0) is 42.7 Å². The van der Waals surface area contributed by atoms with Gasteiger partial charge in [-0.15, -0.1) is 13.2 Å². The normalized spacial score (nSPS) is 16.6. The maximum Gasteiger partial charge on any atom is 0.573 e. The molecule has 0 atom stereocenters. The molecule has 1 heterocycles. The number of ether oxygens (including phenoxy) is 2. The molecule has 144 valence electrons. The molecule has 0 bridgehead atoms. The Morgan fingerprint density at radius 1 is 1.11 bits per heavy atom. The third-order valence-corrected chi connectivity index (χ3v) is 5.03. The van der Waals surface area contributed by atoms with Gasteiger partial charge in [0.25, 0.3) is 0 Å². The van der Waals surface area contributed by atoms with E-state index in [1.165, 1.54) is 18.2 Å². The van der Waals surface area contributed by atoms with Crippen LogP contribution in [0, 0.1) is 0 Å². The molecule has 27 heavy (non-hydrogen) atoms. The fourth-order valence-electron chi connectivity index (χ4n) is 3.16. The summed E-state index contributed by atoms with van der Waals surface area (Å²) in [4.78, 5) is 13.1. The van der Waals surface area contributed by atoms with Gasteiger partial charge >= 0.3 is 6.36 Å². The Kier molecular flexibility index (Phi) is 5.76. The van der Waals surface area contributed by atoms with E-state index >= 15 is 0 Å². The molecule has 0 spiro atoms. The number of benzene rings is 2. The van der Waals surface area contributed by atoms with Gasteiger partial charge < -0.3 is 14.8 Å². The van der Waals surface area contributed by atoms with Crippen LogP contribution in [0.2, 0.25) is 0 Å². The Morgan fingerprint density at radius 2 is 1.78 bits per heavy atom. The van der Waals surface area contributed by atoms with Gasteiger partial charge in [-0.3, -0.25) is 4.79 Å². The Hall–Kier alpha value is -2.06. The number of alkyl halides is 3. The minimum absolute atomic E-state index is 0.240. The maximum absolute atomic E-state index is 13.1. The summed E-state index contributed by atoms with van der Waals surface area (Å²) in [6, 6.07) is 12.7. The van der Waals surface area contributed by atoms with Crippen molar-refractivity contribution in [2.45, 2.75) is 24.6 Å². The fourth-order valence-corrected chi connectivity index (χ4v) is 3.42. The molecular weight excluding hydrogens is 427 g/mol. The molecule has 1 aliphatic rings. The molecule has 1 fully saturated rings. The quantitative estimate of drug-likeness (QED) is 0.720. The van der Waals surface area contributed by atoms with E-state index in [0.29, 0.717) is 26.1 Å². The molecule has 4 nitrogen and oxygen atoms in total. The number of rotatable bonds is 4. The van der Waals surface area contributed by atoms with E-state index in [1.54, 1.807) is 0 Å². The van der Waals surface area contributed by atoms with E-state index in [2.05, 4.69) is 26.0 Å². The first-order valence-corrected chi connectivity index (χ1v) is 9.09. The summed E-state index contributed by atoms with van der Waals surface area (Å²) >= 11 is 3.38. The third kappa shape index (κ3) is 4.81. The zero-order valence-electron chi connectivity index (χ0n) is 14.2. The van der Waals surface area contributed by atoms with Crippen molar-refractivity contribution >= 4 is 27.5 Å². The van der Waals surface area contributed by atoms with Crippen molar-refractivity contribution in [2.24, 2.45) is 0 Å². The van der Waals surface area contributed by atoms with Gasteiger partial charge in [0, 0.05) is 29.4 Å². The highest BCUT2D eigenvalue weighted by molar-refractivity contribution is 9.10. The molecule has 1 saturated heterocycles. The van der Waals surface area contributed by atoms with Gasteiger partial charge in [-0.1, -0.05) is 34.1 Å². The number of anilines is 1. The van der Waals surface area contributed by atoms with Crippen LogP contribution in [0.1, 0.15) is 18.4 Å². The summed E-state index contributed by atoms with van der Waals surface area (Å²) in [5, 5.41) is 2.74. The van der Waals surface area contributed by atoms with Crippen molar-refractivity contribution in [2.75, 3.05) is 18.5 Å². The third-order valence-electron chi connectivity index (χ3n) is 4.50. The van der Waals surface area contributed by atoms with Crippen molar-refractivity contribution in [1.29, 1.82) is 0 Å². The fraction of sp³-hybridized carbons (Fsp3) is 0.316. The van der Waals surface area contributed by atoms with E-state index in [9.17, 15) is 18.0 Å². The molecule has 0 radical (unpaired) electrons. The van der Waals surface area contributed by atoms with E-state index < -0.39 is 11.8 Å². The van der Waals surface area contributed by atoms with Crippen LogP contribution in [0.3, 0.4) is 0 Å². The Bertz CT molecular complexity index is 803. The lowest BCUT2D eigenvalue weighted by Crippen LogP contribution is -2.44. The Labute approximate surface area is 162 Å². The molecule has 3 rings (SSSR count). The topological polar surface area (TPSA) is 47.6 Å². The average molecular weight is 444 g/mol. The molecule has 2 aromatic carbocycles. The van der Waals surface area contributed by atoms with E-state index in [1.807, 2.05) is 24.3 Å². The number of halogens is 4. The summed E-state index contributed by atoms with van der Waals surface area (Å²) in [5.74, 6) is -0.665. The lowest BCUT2D eigenvalue weighted by Gasteiger charge is -2.36. The van der Waals surface area contributed by atoms with Crippen LogP contribution in [0.15, 0.2) is 53.0 Å². The van der Waals surface area contributed by atoms with Crippen LogP contribution in [0.4, 0.5) is 18.9 Å². The summed E-state index contributed by atoms with van der Waals surface area (Å²) in [6.07, 6.45) is -3.82. The minimum atomic E-state index is -4.79. The lowest BCUT2D eigenvalue weighted by molar-refractivity contribution is -0.274. The lowest BCUT2D eigenvalue weighted by atomic mass is 9.73. The van der Waals surface area contributed by atoms with Gasteiger partial charge in [0.1, 0.15) is 5.75 Å². The molecule has 1 amide bonds. The zero-order valence-corrected chi connectivity index (χ0v) is 15.8. The summed E-state index contributed by atoms with van der Waals surface area (Å²) in [6.45, 7) is 0.863. The second kappa shape index (κ2) is 7.90. The zero-order chi connectivity index (χ0) is 19.5. The van der Waals surface area contributed by atoms with Gasteiger partial charge in [-0.2, -0.15) is 0 Å². The molecule has 0 aliphatic carbocycles. The van der Waals surface area contributed by atoms with Crippen LogP contribution in [-0.2, 0) is 14.9 Å². The standard InChI is InChI=1S/C19H17BrF3NO3/c20-14-6-4-13(5-7-14)18(8-10-26-11-9-18)17(25)24-15-2-1-3-16(12-15)27-19(21,22)23/h1-7,12H,8-11H2,(H,24,25). The molecular formula is C19H17BrF3NO3. The van der Waals surface area contributed by atoms with Crippen molar-refractivity contribution in [1.82, 2.24) is 0 Å². The first kappa shape index (κ1) is 19.7. The first-order chi connectivity index (χ1) is 12.8. The van der Waals surface area contributed by atoms with Crippen LogP contribution in [0.5, 0.6) is 5.75 Å². The van der Waals surface area contributed by atoms with Crippen LogP contribution in [-0.4, -0.2) is 25.5 Å². The molecule has 0 saturated carbocycles. The Morgan fingerprint density at radius 3 is 2.41 bits per heavy atom. The number of hydrogen-bond donors (Lipinski definition) is 1. The predicted octanol–water partition coefficient (Wildman–Crippen LogP) is 5.03.